The Labute approximate surface area is 174 Å². The minimum Gasteiger partial charge on any atom is -0.451 e. The predicted molar refractivity (Wildman–Crippen MR) is 109 cm³/mol. The van der Waals surface area contributed by atoms with Crippen molar-refractivity contribution in [1.82, 2.24) is 9.78 Å². The molecule has 30 heavy (non-hydrogen) atoms. The number of para-hydroxylation sites is 1. The van der Waals surface area contributed by atoms with Gasteiger partial charge in [-0.2, -0.15) is 13.9 Å². The van der Waals surface area contributed by atoms with Crippen LogP contribution in [0.25, 0.3) is 10.8 Å². The van der Waals surface area contributed by atoms with Gasteiger partial charge in [0, 0.05) is 16.8 Å². The molecule has 0 spiro atoms. The molecule has 3 aromatic rings. The van der Waals surface area contributed by atoms with E-state index < -0.39 is 24.2 Å². The summed E-state index contributed by atoms with van der Waals surface area (Å²) < 4.78 is 31.5. The van der Waals surface area contributed by atoms with Crippen molar-refractivity contribution in [2.24, 2.45) is 0 Å². The van der Waals surface area contributed by atoms with Crippen LogP contribution >= 0.6 is 11.8 Å². The highest BCUT2D eigenvalue weighted by molar-refractivity contribution is 7.99. The third-order valence-corrected chi connectivity index (χ3v) is 4.86. The standard InChI is InChI=1S/C20H17F2N3O4S/c1-2-25-18(27)13-8-4-3-7-12(13)17(24-25)19(28)29-11-16(26)23-14-9-5-6-10-15(14)30-20(21)22/h3-10,20H,2,11H2,1H3,(H,23,26). The normalized spacial score (nSPS) is 10.9. The Hall–Kier alpha value is -3.27. The first-order chi connectivity index (χ1) is 14.4. The molecule has 0 atom stereocenters. The van der Waals surface area contributed by atoms with Crippen molar-refractivity contribution in [3.8, 4) is 0 Å². The molecular formula is C20H17F2N3O4S. The number of aromatic nitrogens is 2. The summed E-state index contributed by atoms with van der Waals surface area (Å²) in [5.41, 5.74) is -0.240. The van der Waals surface area contributed by atoms with Gasteiger partial charge in [-0.3, -0.25) is 9.59 Å². The van der Waals surface area contributed by atoms with Crippen LogP contribution in [0.15, 0.2) is 58.2 Å². The van der Waals surface area contributed by atoms with Crippen LogP contribution in [0.1, 0.15) is 17.4 Å². The van der Waals surface area contributed by atoms with Crippen molar-refractivity contribution in [2.75, 3.05) is 11.9 Å². The van der Waals surface area contributed by atoms with E-state index in [2.05, 4.69) is 10.4 Å². The van der Waals surface area contributed by atoms with Gasteiger partial charge in [0.25, 0.3) is 17.2 Å². The summed E-state index contributed by atoms with van der Waals surface area (Å²) in [6, 6.07) is 12.5. The van der Waals surface area contributed by atoms with Crippen molar-refractivity contribution in [3.63, 3.8) is 0 Å². The van der Waals surface area contributed by atoms with E-state index >= 15 is 0 Å². The first-order valence-electron chi connectivity index (χ1n) is 8.91. The molecule has 1 heterocycles. The number of benzene rings is 2. The minimum atomic E-state index is -2.64. The van der Waals surface area contributed by atoms with Gasteiger partial charge in [-0.25, -0.2) is 9.48 Å². The molecule has 0 saturated carbocycles. The lowest BCUT2D eigenvalue weighted by Crippen LogP contribution is -2.27. The number of carbonyl (C=O) groups is 2. The molecule has 156 valence electrons. The largest absolute Gasteiger partial charge is 0.451 e. The van der Waals surface area contributed by atoms with Crippen LogP contribution in [0, 0.1) is 0 Å². The first-order valence-corrected chi connectivity index (χ1v) is 9.79. The summed E-state index contributed by atoms with van der Waals surface area (Å²) in [5.74, 6) is -4.22. The molecule has 0 aliphatic carbocycles. The van der Waals surface area contributed by atoms with Crippen molar-refractivity contribution >= 4 is 40.1 Å². The van der Waals surface area contributed by atoms with Crippen LogP contribution < -0.4 is 10.9 Å². The van der Waals surface area contributed by atoms with E-state index in [4.69, 9.17) is 4.74 Å². The van der Waals surface area contributed by atoms with Crippen LogP contribution in [-0.2, 0) is 16.1 Å². The monoisotopic (exact) mass is 433 g/mol. The zero-order chi connectivity index (χ0) is 21.7. The van der Waals surface area contributed by atoms with Crippen LogP contribution in [0.3, 0.4) is 0 Å². The number of halogens is 2. The van der Waals surface area contributed by atoms with Gasteiger partial charge >= 0.3 is 5.97 Å². The molecule has 1 N–H and O–H groups in total. The van der Waals surface area contributed by atoms with Crippen LogP contribution in [-0.4, -0.2) is 34.0 Å². The molecule has 7 nitrogen and oxygen atoms in total. The van der Waals surface area contributed by atoms with E-state index in [1.54, 1.807) is 43.3 Å². The van der Waals surface area contributed by atoms with E-state index in [1.165, 1.54) is 12.1 Å². The highest BCUT2D eigenvalue weighted by atomic mass is 32.2. The van der Waals surface area contributed by atoms with E-state index in [-0.39, 0.29) is 28.4 Å². The number of ether oxygens (including phenoxy) is 1. The fourth-order valence-electron chi connectivity index (χ4n) is 2.75. The Morgan fingerprint density at radius 2 is 1.80 bits per heavy atom. The number of thioether (sulfide) groups is 1. The maximum atomic E-state index is 12.6. The molecule has 1 aromatic heterocycles. The summed E-state index contributed by atoms with van der Waals surface area (Å²) in [5, 5.41) is 7.11. The summed E-state index contributed by atoms with van der Waals surface area (Å²) in [7, 11) is 0. The number of nitrogens with zero attached hydrogens (tertiary/aromatic N) is 2. The molecule has 1 amide bonds. The van der Waals surface area contributed by atoms with Gasteiger partial charge in [-0.1, -0.05) is 42.1 Å². The predicted octanol–water partition coefficient (Wildman–Crippen LogP) is 3.53. The fourth-order valence-corrected chi connectivity index (χ4v) is 3.35. The Morgan fingerprint density at radius 3 is 2.50 bits per heavy atom. The topological polar surface area (TPSA) is 90.3 Å². The number of aryl methyl sites for hydroxylation is 1. The van der Waals surface area contributed by atoms with E-state index in [0.29, 0.717) is 22.5 Å². The lowest BCUT2D eigenvalue weighted by molar-refractivity contribution is -0.119. The van der Waals surface area contributed by atoms with Gasteiger partial charge in [0.15, 0.2) is 12.3 Å². The summed E-state index contributed by atoms with van der Waals surface area (Å²) in [4.78, 5) is 37.2. The Balaban J connectivity index is 1.75. The minimum absolute atomic E-state index is 0.0893. The first kappa shape index (κ1) is 21.4. The second kappa shape index (κ2) is 9.49. The number of anilines is 1. The van der Waals surface area contributed by atoms with Crippen LogP contribution in [0.2, 0.25) is 0 Å². The zero-order valence-electron chi connectivity index (χ0n) is 15.8. The molecule has 0 fully saturated rings. The van der Waals surface area contributed by atoms with Gasteiger partial charge in [0.05, 0.1) is 11.1 Å². The molecule has 0 unspecified atom stereocenters. The third-order valence-electron chi connectivity index (χ3n) is 4.07. The van der Waals surface area contributed by atoms with Gasteiger partial charge in [0.2, 0.25) is 0 Å². The number of esters is 1. The SMILES string of the molecule is CCn1nc(C(=O)OCC(=O)Nc2ccccc2SC(F)F)c2ccccc2c1=O. The summed E-state index contributed by atoms with van der Waals surface area (Å²) in [6.45, 7) is 1.32. The number of amides is 1. The highest BCUT2D eigenvalue weighted by Crippen LogP contribution is 2.31. The molecule has 0 aliphatic rings. The lowest BCUT2D eigenvalue weighted by atomic mass is 10.1. The second-order valence-corrected chi connectivity index (χ2v) is 7.05. The zero-order valence-corrected chi connectivity index (χ0v) is 16.6. The smallest absolute Gasteiger partial charge is 0.359 e. The van der Waals surface area contributed by atoms with Gasteiger partial charge < -0.3 is 10.1 Å². The highest BCUT2D eigenvalue weighted by Gasteiger charge is 2.19. The maximum Gasteiger partial charge on any atom is 0.359 e. The number of fused-ring (bicyclic) bond motifs is 1. The average Bonchev–Trinajstić information content (AvgIpc) is 2.73. The van der Waals surface area contributed by atoms with Gasteiger partial charge in [0.1, 0.15) is 0 Å². The van der Waals surface area contributed by atoms with Crippen molar-refractivity contribution < 1.29 is 23.1 Å². The van der Waals surface area contributed by atoms with E-state index in [9.17, 15) is 23.2 Å². The number of hydrogen-bond acceptors (Lipinski definition) is 6. The van der Waals surface area contributed by atoms with Crippen molar-refractivity contribution in [3.05, 3.63) is 64.6 Å². The fraction of sp³-hybridized carbons (Fsp3) is 0.200. The molecule has 2 aromatic carbocycles. The molecule has 3 rings (SSSR count). The maximum absolute atomic E-state index is 12.6. The molecular weight excluding hydrogens is 416 g/mol. The quantitative estimate of drug-likeness (QED) is 0.453. The van der Waals surface area contributed by atoms with Crippen molar-refractivity contribution in [2.45, 2.75) is 24.1 Å². The number of hydrogen-bond donors (Lipinski definition) is 1. The van der Waals surface area contributed by atoms with Crippen molar-refractivity contribution in [1.29, 1.82) is 0 Å². The number of carbonyl (C=O) groups excluding carboxylic acids is 2. The summed E-state index contributed by atoms with van der Waals surface area (Å²) in [6.07, 6.45) is 0. The number of alkyl halides is 2. The Morgan fingerprint density at radius 1 is 1.13 bits per heavy atom. The summed E-state index contributed by atoms with van der Waals surface area (Å²) >= 11 is 0.297. The number of rotatable bonds is 7. The molecule has 0 saturated heterocycles. The van der Waals surface area contributed by atoms with Gasteiger partial charge in [-0.05, 0) is 25.1 Å². The van der Waals surface area contributed by atoms with E-state index in [0.717, 1.165) is 4.68 Å². The molecule has 0 radical (unpaired) electrons. The van der Waals surface area contributed by atoms with Gasteiger partial charge in [-0.15, -0.1) is 0 Å². The number of nitrogens with one attached hydrogen (secondary N) is 1. The average molecular weight is 433 g/mol. The Kier molecular flexibility index (Phi) is 6.78. The second-order valence-electron chi connectivity index (χ2n) is 6.01. The van der Waals surface area contributed by atoms with Crippen LogP contribution in [0.5, 0.6) is 0 Å². The molecule has 0 aliphatic heterocycles. The van der Waals surface area contributed by atoms with E-state index in [1.807, 2.05) is 0 Å². The third kappa shape index (κ3) is 4.82. The Bertz CT molecular complexity index is 1150. The lowest BCUT2D eigenvalue weighted by Gasteiger charge is -2.11. The van der Waals surface area contributed by atoms with Crippen LogP contribution in [0.4, 0.5) is 14.5 Å². The molecule has 0 bridgehead atoms. The molecule has 10 heteroatoms.